The van der Waals surface area contributed by atoms with E-state index < -0.39 is 70.1 Å². The number of aromatic hydroxyl groups is 2. The van der Waals surface area contributed by atoms with E-state index in [0.717, 1.165) is 18.2 Å². The maximum absolute atomic E-state index is 12.5. The zero-order chi connectivity index (χ0) is 70.8. The summed E-state index contributed by atoms with van der Waals surface area (Å²) in [6.45, 7) is 0. The number of hydrogen-bond acceptors (Lipinski definition) is 18. The van der Waals surface area contributed by atoms with E-state index in [9.17, 15) is 87.5 Å². The molecule has 0 unspecified atom stereocenters. The first kappa shape index (κ1) is 72.8. The largest absolute Gasteiger partial charge is 0.504 e. The topological polar surface area (TPSA) is 419 Å². The summed E-state index contributed by atoms with van der Waals surface area (Å²) in [5.41, 5.74) is 0.696. The van der Waals surface area contributed by atoms with E-state index in [0.29, 0.717) is 47.4 Å². The molecule has 0 amide bonds. The van der Waals surface area contributed by atoms with Crippen molar-refractivity contribution in [1.82, 2.24) is 0 Å². The highest BCUT2D eigenvalue weighted by molar-refractivity contribution is 6.26. The number of aldehydes is 4. The second-order valence-electron chi connectivity index (χ2n) is 19.3. The lowest BCUT2D eigenvalue weighted by atomic mass is 9.93. The van der Waals surface area contributed by atoms with Crippen LogP contribution < -0.4 is 9.47 Å². The Morgan fingerprint density at radius 2 is 0.812 bits per heavy atom. The molecule has 0 atom stereocenters. The van der Waals surface area contributed by atoms with Crippen LogP contribution in [0.5, 0.6) is 23.0 Å². The van der Waals surface area contributed by atoms with Crippen molar-refractivity contribution in [1.29, 1.82) is 0 Å². The number of ether oxygens (including phenoxy) is 2. The van der Waals surface area contributed by atoms with Gasteiger partial charge in [0.1, 0.15) is 23.7 Å². The Labute approximate surface area is 543 Å². The molecule has 96 heavy (non-hydrogen) atoms. The monoisotopic (exact) mass is 1300 g/mol. The van der Waals surface area contributed by atoms with Crippen molar-refractivity contribution in [2.24, 2.45) is 0 Å². The van der Waals surface area contributed by atoms with Crippen LogP contribution in [0.3, 0.4) is 0 Å². The third kappa shape index (κ3) is 19.8. The maximum Gasteiger partial charge on any atom is 0.339 e. The van der Waals surface area contributed by atoms with E-state index >= 15 is 0 Å². The number of aliphatic carboxylic acids is 2. The Balaban J connectivity index is 0.000000233. The molecule has 0 saturated heterocycles. The first-order valence-electron chi connectivity index (χ1n) is 27.4. The minimum absolute atomic E-state index is 0.00333. The number of methoxy groups -OCH3 is 2. The summed E-state index contributed by atoms with van der Waals surface area (Å²) in [4.78, 5) is 160. The van der Waals surface area contributed by atoms with Gasteiger partial charge in [-0.25, -0.2) is 28.8 Å². The standard InChI is InChI=1S/C20H18O7.C20H14O7.2C16H10O5/c1-26-18-10-12(4-7-16(18)22)3-6-15(21)14(20(24)25)9-13-5-8-17(23)19(11-13)27-2;21-17(10-9-12-5-1-3-7-14(12)18(22)23)16(20(26)27)11-13-6-2-4-8-15(13)19(24)25;17-8-10-1-3-11(4-2-10)15(19)14-7-12(16(20)21)5-6-13(14)9-18;17-8-10-3-1-4-11(7-10)15(19)14-12(9-18)5-2-6-13(14)16(20)21/h3-11,22-23H,1-2H3,(H,24,25);1-11H,(H,22,23)(H,24,25)(H,26,27);2*1-9H,(H,20,21). The summed E-state index contributed by atoms with van der Waals surface area (Å²) in [5, 5.41) is 74.2. The Kier molecular flexibility index (Phi) is 26.5. The quantitative estimate of drug-likeness (QED) is 0.00916. The fourth-order valence-corrected chi connectivity index (χ4v) is 8.41. The third-order valence-electron chi connectivity index (χ3n) is 13.2. The van der Waals surface area contributed by atoms with Crippen molar-refractivity contribution in [3.63, 3.8) is 0 Å². The summed E-state index contributed by atoms with van der Waals surface area (Å²) >= 11 is 0. The maximum atomic E-state index is 12.5. The molecular formula is C72H52O24. The van der Waals surface area contributed by atoms with E-state index in [2.05, 4.69) is 0 Å². The molecule has 8 N–H and O–H groups in total. The van der Waals surface area contributed by atoms with Gasteiger partial charge in [-0.05, 0) is 107 Å². The Morgan fingerprint density at radius 3 is 1.34 bits per heavy atom. The molecule has 0 aliphatic carbocycles. The summed E-state index contributed by atoms with van der Waals surface area (Å²) in [7, 11) is 2.76. The molecule has 0 aliphatic heterocycles. The molecule has 8 aromatic rings. The fraction of sp³-hybridized carbons (Fsp3) is 0.0278. The lowest BCUT2D eigenvalue weighted by Gasteiger charge is -2.08. The number of rotatable bonds is 24. The van der Waals surface area contributed by atoms with Crippen LogP contribution in [0.2, 0.25) is 0 Å². The fourth-order valence-electron chi connectivity index (χ4n) is 8.41. The van der Waals surface area contributed by atoms with E-state index in [1.54, 1.807) is 12.1 Å². The van der Waals surface area contributed by atoms with Gasteiger partial charge in [-0.3, -0.25) is 38.4 Å². The van der Waals surface area contributed by atoms with E-state index in [1.807, 2.05) is 0 Å². The number of phenolic OH excluding ortho intramolecular Hbond substituents is 2. The van der Waals surface area contributed by atoms with Crippen LogP contribution >= 0.6 is 0 Å². The summed E-state index contributed by atoms with van der Waals surface area (Å²) in [5.74, 6) is -10.3. The summed E-state index contributed by atoms with van der Waals surface area (Å²) in [6.07, 6.45) is 8.99. The molecule has 0 aliphatic rings. The van der Waals surface area contributed by atoms with Gasteiger partial charge in [-0.15, -0.1) is 0 Å². The molecule has 0 spiro atoms. The molecule has 0 aromatic heterocycles. The highest BCUT2D eigenvalue weighted by Crippen LogP contribution is 2.29. The number of allylic oxidation sites excluding steroid dienone is 2. The highest BCUT2D eigenvalue weighted by Gasteiger charge is 2.23. The number of carbonyl (C=O) groups is 14. The molecule has 484 valence electrons. The van der Waals surface area contributed by atoms with Crippen LogP contribution in [0, 0.1) is 0 Å². The van der Waals surface area contributed by atoms with Crippen molar-refractivity contribution in [2.45, 2.75) is 0 Å². The van der Waals surface area contributed by atoms with Crippen molar-refractivity contribution in [2.75, 3.05) is 14.2 Å². The molecular weight excluding hydrogens is 1250 g/mol. The smallest absolute Gasteiger partial charge is 0.339 e. The zero-order valence-corrected chi connectivity index (χ0v) is 50.0. The zero-order valence-electron chi connectivity index (χ0n) is 50.0. The van der Waals surface area contributed by atoms with Crippen LogP contribution in [-0.4, -0.2) is 139 Å². The SMILES string of the molecule is COc1cc(C=CC(=O)C(=Cc2ccc(O)c(OC)c2)C(=O)O)ccc1O.O=C(O)C(=Cc1ccccc1C(=O)O)C(=O)C=Cc1ccccc1C(=O)O.O=Cc1ccc(C(=O)c2cc(C(=O)O)ccc2C=O)cc1.O=Cc1cccc(C(=O)c2c(C=O)cccc2C(=O)O)c1. The molecule has 0 bridgehead atoms. The van der Waals surface area contributed by atoms with Gasteiger partial charge in [0.2, 0.25) is 0 Å². The number of carboxylic acid groups (broad SMARTS) is 6. The van der Waals surface area contributed by atoms with Gasteiger partial charge in [-0.1, -0.05) is 121 Å². The Morgan fingerprint density at radius 1 is 0.344 bits per heavy atom. The van der Waals surface area contributed by atoms with Crippen molar-refractivity contribution >= 4 is 108 Å². The van der Waals surface area contributed by atoms with Gasteiger partial charge in [0.25, 0.3) is 0 Å². The average Bonchev–Trinajstić information content (AvgIpc) is 0.840. The Bertz CT molecular complexity index is 4520. The predicted octanol–water partition coefficient (Wildman–Crippen LogP) is 10.2. The van der Waals surface area contributed by atoms with Gasteiger partial charge in [-0.2, -0.15) is 0 Å². The molecule has 0 saturated carbocycles. The number of phenols is 2. The first-order chi connectivity index (χ1) is 45.8. The third-order valence-corrected chi connectivity index (χ3v) is 13.2. The molecule has 8 aromatic carbocycles. The summed E-state index contributed by atoms with van der Waals surface area (Å²) < 4.78 is 9.95. The second kappa shape index (κ2) is 34.9. The van der Waals surface area contributed by atoms with Gasteiger partial charge < -0.3 is 50.3 Å². The predicted molar refractivity (Wildman–Crippen MR) is 344 cm³/mol. The molecule has 24 nitrogen and oxygen atoms in total. The Hall–Kier alpha value is -13.9. The van der Waals surface area contributed by atoms with Gasteiger partial charge in [0.05, 0.1) is 36.5 Å². The van der Waals surface area contributed by atoms with Gasteiger partial charge >= 0.3 is 35.8 Å². The molecule has 0 heterocycles. The number of carboxylic acids is 6. The lowest BCUT2D eigenvalue weighted by molar-refractivity contribution is -0.135. The lowest BCUT2D eigenvalue weighted by Crippen LogP contribution is -2.13. The second-order valence-corrected chi connectivity index (χ2v) is 19.3. The minimum Gasteiger partial charge on any atom is -0.504 e. The number of benzene rings is 8. The first-order valence-corrected chi connectivity index (χ1v) is 27.4. The molecule has 24 heteroatoms. The molecule has 0 fully saturated rings. The normalized spacial score (nSPS) is 10.7. The van der Waals surface area contributed by atoms with Gasteiger partial charge in [0.15, 0.2) is 58.7 Å². The van der Waals surface area contributed by atoms with Crippen LogP contribution in [0.25, 0.3) is 24.3 Å². The van der Waals surface area contributed by atoms with Crippen molar-refractivity contribution < 1.29 is 117 Å². The number of ketones is 4. The summed E-state index contributed by atoms with van der Waals surface area (Å²) in [6, 6.07) is 39.7. The number of carbonyl (C=O) groups excluding carboxylic acids is 8. The van der Waals surface area contributed by atoms with Crippen LogP contribution in [-0.2, 0) is 19.2 Å². The highest BCUT2D eigenvalue weighted by atomic mass is 16.5. The molecule has 8 rings (SSSR count). The van der Waals surface area contributed by atoms with Crippen LogP contribution in [0.15, 0.2) is 193 Å². The van der Waals surface area contributed by atoms with Crippen LogP contribution in [0.1, 0.15) is 137 Å². The van der Waals surface area contributed by atoms with Crippen molar-refractivity contribution in [3.05, 3.63) is 282 Å². The number of hydrogen-bond donors (Lipinski definition) is 8. The van der Waals surface area contributed by atoms with E-state index in [-0.39, 0.29) is 89.8 Å². The molecule has 0 radical (unpaired) electrons. The van der Waals surface area contributed by atoms with Crippen LogP contribution in [0.4, 0.5) is 0 Å². The van der Waals surface area contributed by atoms with Crippen molar-refractivity contribution in [3.8, 4) is 23.0 Å². The van der Waals surface area contributed by atoms with E-state index in [1.165, 1.54) is 190 Å². The average molecular weight is 1300 g/mol. The van der Waals surface area contributed by atoms with Gasteiger partial charge in [0, 0.05) is 44.5 Å². The van der Waals surface area contributed by atoms with E-state index in [4.69, 9.17) is 29.9 Å². The number of aromatic carboxylic acids is 4. The minimum atomic E-state index is -1.53.